The van der Waals surface area contributed by atoms with E-state index in [2.05, 4.69) is 0 Å². The fourth-order valence-corrected chi connectivity index (χ4v) is 2.99. The van der Waals surface area contributed by atoms with Crippen molar-refractivity contribution in [3.63, 3.8) is 0 Å². The van der Waals surface area contributed by atoms with E-state index >= 15 is 0 Å². The van der Waals surface area contributed by atoms with Crippen molar-refractivity contribution in [2.24, 2.45) is 0 Å². The lowest BCUT2D eigenvalue weighted by Crippen LogP contribution is -2.42. The van der Waals surface area contributed by atoms with Crippen LogP contribution in [0.1, 0.15) is 36.9 Å². The molecule has 0 unspecified atom stereocenters. The third kappa shape index (κ3) is 4.56. The largest absolute Gasteiger partial charge is 0.464 e. The molecule has 0 N–H and O–H groups in total. The topological polar surface area (TPSA) is 61.1 Å². The molecule has 1 aromatic rings. The molecular formula is C17H25NO5. The number of rotatable bonds is 5. The number of morpholine rings is 1. The lowest BCUT2D eigenvalue weighted by atomic mass is 10.1. The second kappa shape index (κ2) is 7.95. The Morgan fingerprint density at radius 2 is 2.13 bits per heavy atom. The number of furan rings is 1. The molecule has 0 radical (unpaired) electrons. The molecule has 6 heteroatoms. The normalized spacial score (nSPS) is 23.2. The number of ether oxygens (including phenoxy) is 3. The summed E-state index contributed by atoms with van der Waals surface area (Å²) in [6, 6.07) is 3.84. The van der Waals surface area contributed by atoms with Crippen LogP contribution < -0.4 is 0 Å². The summed E-state index contributed by atoms with van der Waals surface area (Å²) >= 11 is 0. The van der Waals surface area contributed by atoms with E-state index in [9.17, 15) is 4.79 Å². The summed E-state index contributed by atoms with van der Waals surface area (Å²) in [5.41, 5.74) is 0. The number of amides is 1. The van der Waals surface area contributed by atoms with Crippen molar-refractivity contribution < 1.29 is 23.4 Å². The van der Waals surface area contributed by atoms with Gasteiger partial charge in [-0.25, -0.2) is 0 Å². The molecule has 3 heterocycles. The summed E-state index contributed by atoms with van der Waals surface area (Å²) in [4.78, 5) is 14.2. The van der Waals surface area contributed by atoms with Crippen LogP contribution in [0.25, 0.3) is 0 Å². The molecule has 2 aliphatic heterocycles. The highest BCUT2D eigenvalue weighted by atomic mass is 16.5. The Bertz CT molecular complexity index is 509. The van der Waals surface area contributed by atoms with Crippen molar-refractivity contribution in [3.05, 3.63) is 23.7 Å². The lowest BCUT2D eigenvalue weighted by Gasteiger charge is -2.32. The number of hydrogen-bond donors (Lipinski definition) is 0. The predicted octanol–water partition coefficient (Wildman–Crippen LogP) is 2.07. The van der Waals surface area contributed by atoms with Crippen molar-refractivity contribution in [3.8, 4) is 0 Å². The number of nitrogens with zero attached hydrogens (tertiary/aromatic N) is 1. The summed E-state index contributed by atoms with van der Waals surface area (Å²) < 4.78 is 22.4. The molecule has 2 saturated heterocycles. The van der Waals surface area contributed by atoms with Gasteiger partial charge in [0.2, 0.25) is 5.91 Å². The van der Waals surface area contributed by atoms with Crippen molar-refractivity contribution in [1.82, 2.24) is 4.90 Å². The molecule has 0 aromatic carbocycles. The highest BCUT2D eigenvalue weighted by Crippen LogP contribution is 2.24. The molecule has 0 spiro atoms. The van der Waals surface area contributed by atoms with Gasteiger partial charge in [0, 0.05) is 19.8 Å². The molecule has 6 nitrogen and oxygen atoms in total. The highest BCUT2D eigenvalue weighted by molar-refractivity contribution is 5.76. The van der Waals surface area contributed by atoms with Crippen molar-refractivity contribution in [2.45, 2.75) is 38.4 Å². The summed E-state index contributed by atoms with van der Waals surface area (Å²) in [5, 5.41) is 0. The average molecular weight is 323 g/mol. The van der Waals surface area contributed by atoms with Crippen LogP contribution in [0, 0.1) is 6.92 Å². The third-order valence-electron chi connectivity index (χ3n) is 4.34. The third-order valence-corrected chi connectivity index (χ3v) is 4.34. The molecule has 1 atom stereocenters. The highest BCUT2D eigenvalue weighted by Gasteiger charge is 2.27. The molecule has 3 rings (SSSR count). The molecule has 0 bridgehead atoms. The Morgan fingerprint density at radius 1 is 1.30 bits per heavy atom. The molecule has 128 valence electrons. The van der Waals surface area contributed by atoms with E-state index in [4.69, 9.17) is 18.6 Å². The van der Waals surface area contributed by atoms with Crippen molar-refractivity contribution >= 4 is 5.91 Å². The van der Waals surface area contributed by atoms with Crippen LogP contribution in [0.3, 0.4) is 0 Å². The van der Waals surface area contributed by atoms with Crippen LogP contribution >= 0.6 is 0 Å². The van der Waals surface area contributed by atoms with Crippen LogP contribution in [0.5, 0.6) is 0 Å². The molecule has 1 amide bonds. The van der Waals surface area contributed by atoms with Gasteiger partial charge in [0.1, 0.15) is 17.6 Å². The Labute approximate surface area is 136 Å². The fraction of sp³-hybridized carbons (Fsp3) is 0.706. The first-order valence-corrected chi connectivity index (χ1v) is 8.37. The van der Waals surface area contributed by atoms with Gasteiger partial charge in [-0.2, -0.15) is 0 Å². The van der Waals surface area contributed by atoms with Gasteiger partial charge in [-0.15, -0.1) is 0 Å². The standard InChI is InChI=1S/C17H25NO5/c1-13-2-3-15(23-13)16-12-18(7-11-22-16)17(19)6-10-21-14-4-8-20-9-5-14/h2-3,14,16H,4-12H2,1H3/t16-/m1/s1. The Hall–Kier alpha value is -1.37. The molecule has 0 saturated carbocycles. The summed E-state index contributed by atoms with van der Waals surface area (Å²) in [7, 11) is 0. The van der Waals surface area contributed by atoms with Gasteiger partial charge in [0.05, 0.1) is 32.3 Å². The average Bonchev–Trinajstić information content (AvgIpc) is 3.02. The maximum Gasteiger partial charge on any atom is 0.225 e. The SMILES string of the molecule is Cc1ccc([C@H]2CN(C(=O)CCOC3CCOCC3)CCO2)o1. The maximum absolute atomic E-state index is 12.4. The molecule has 0 aliphatic carbocycles. The van der Waals surface area contributed by atoms with Crippen molar-refractivity contribution in [1.29, 1.82) is 0 Å². The van der Waals surface area contributed by atoms with Gasteiger partial charge in [0.25, 0.3) is 0 Å². The molecule has 1 aromatic heterocycles. The van der Waals surface area contributed by atoms with Gasteiger partial charge in [0.15, 0.2) is 0 Å². The zero-order valence-corrected chi connectivity index (χ0v) is 13.7. The van der Waals surface area contributed by atoms with E-state index in [0.717, 1.165) is 37.6 Å². The predicted molar refractivity (Wildman–Crippen MR) is 83.1 cm³/mol. The van der Waals surface area contributed by atoms with Crippen LogP contribution in [-0.2, 0) is 19.0 Å². The van der Waals surface area contributed by atoms with Gasteiger partial charge in [-0.1, -0.05) is 0 Å². The van der Waals surface area contributed by atoms with Gasteiger partial charge in [-0.3, -0.25) is 4.79 Å². The van der Waals surface area contributed by atoms with Crippen LogP contribution in [0.2, 0.25) is 0 Å². The number of aryl methyl sites for hydroxylation is 1. The Kier molecular flexibility index (Phi) is 5.70. The van der Waals surface area contributed by atoms with Gasteiger partial charge < -0.3 is 23.5 Å². The second-order valence-corrected chi connectivity index (χ2v) is 6.08. The number of carbonyl (C=O) groups excluding carboxylic acids is 1. The minimum absolute atomic E-state index is 0.119. The quantitative estimate of drug-likeness (QED) is 0.830. The van der Waals surface area contributed by atoms with E-state index in [1.165, 1.54) is 0 Å². The molecule has 23 heavy (non-hydrogen) atoms. The maximum atomic E-state index is 12.4. The van der Waals surface area contributed by atoms with E-state index in [1.807, 2.05) is 24.0 Å². The fourth-order valence-electron chi connectivity index (χ4n) is 2.99. The Balaban J connectivity index is 1.43. The van der Waals surface area contributed by atoms with E-state index in [-0.39, 0.29) is 18.1 Å². The summed E-state index contributed by atoms with van der Waals surface area (Å²) in [6.45, 7) is 5.61. The second-order valence-electron chi connectivity index (χ2n) is 6.08. The minimum Gasteiger partial charge on any atom is -0.464 e. The Morgan fingerprint density at radius 3 is 2.87 bits per heavy atom. The lowest BCUT2D eigenvalue weighted by molar-refractivity contribution is -0.141. The first kappa shape index (κ1) is 16.5. The zero-order valence-electron chi connectivity index (χ0n) is 13.7. The molecular weight excluding hydrogens is 298 g/mol. The molecule has 2 fully saturated rings. The summed E-state index contributed by atoms with van der Waals surface area (Å²) in [6.07, 6.45) is 2.33. The van der Waals surface area contributed by atoms with Crippen LogP contribution in [0.15, 0.2) is 16.5 Å². The minimum atomic E-state index is -0.169. The van der Waals surface area contributed by atoms with Gasteiger partial charge in [-0.05, 0) is 31.9 Å². The van der Waals surface area contributed by atoms with Crippen LogP contribution in [-0.4, -0.2) is 56.4 Å². The first-order chi connectivity index (χ1) is 11.2. The monoisotopic (exact) mass is 323 g/mol. The number of hydrogen-bond acceptors (Lipinski definition) is 5. The smallest absolute Gasteiger partial charge is 0.225 e. The van der Waals surface area contributed by atoms with Crippen LogP contribution in [0.4, 0.5) is 0 Å². The number of carbonyl (C=O) groups is 1. The molecule has 2 aliphatic rings. The first-order valence-electron chi connectivity index (χ1n) is 8.37. The zero-order chi connectivity index (χ0) is 16.1. The van der Waals surface area contributed by atoms with E-state index in [0.29, 0.717) is 32.7 Å². The van der Waals surface area contributed by atoms with Crippen molar-refractivity contribution in [2.75, 3.05) is 39.5 Å². The van der Waals surface area contributed by atoms with Gasteiger partial charge >= 0.3 is 0 Å². The van der Waals surface area contributed by atoms with E-state index < -0.39 is 0 Å². The van der Waals surface area contributed by atoms with E-state index in [1.54, 1.807) is 0 Å². The summed E-state index contributed by atoms with van der Waals surface area (Å²) in [5.74, 6) is 1.77.